The second-order valence-corrected chi connectivity index (χ2v) is 8.91. The molecule has 3 aromatic rings. The van der Waals surface area contributed by atoms with Gasteiger partial charge in [0.05, 0.1) is 22.1 Å². The molecule has 31 heavy (non-hydrogen) atoms. The summed E-state index contributed by atoms with van der Waals surface area (Å²) in [6, 6.07) is 7.50. The van der Waals surface area contributed by atoms with Crippen LogP contribution in [0, 0.1) is 6.92 Å². The monoisotopic (exact) mass is 436 g/mol. The summed E-state index contributed by atoms with van der Waals surface area (Å²) in [5, 5.41) is 11.2. The smallest absolute Gasteiger partial charge is 0.287 e. The lowest BCUT2D eigenvalue weighted by atomic mass is 9.74. The molecular weight excluding hydrogens is 412 g/mol. The summed E-state index contributed by atoms with van der Waals surface area (Å²) in [7, 11) is 0. The van der Waals surface area contributed by atoms with E-state index in [1.165, 1.54) is 6.42 Å². The Morgan fingerprint density at radius 2 is 2.10 bits per heavy atom. The van der Waals surface area contributed by atoms with Gasteiger partial charge in [-0.05, 0) is 43.5 Å². The minimum atomic E-state index is -0.280. The van der Waals surface area contributed by atoms with Gasteiger partial charge in [0.1, 0.15) is 5.58 Å². The van der Waals surface area contributed by atoms with Gasteiger partial charge in [-0.1, -0.05) is 43.5 Å². The highest BCUT2D eigenvalue weighted by molar-refractivity contribution is 6.34. The van der Waals surface area contributed by atoms with Crippen LogP contribution in [0.1, 0.15) is 59.5 Å². The number of aryl methyl sites for hydroxylation is 1. The molecule has 1 aromatic carbocycles. The molecule has 0 atom stereocenters. The Labute approximate surface area is 186 Å². The number of nitrogens with zero attached hydrogens (tertiary/aromatic N) is 1. The summed E-state index contributed by atoms with van der Waals surface area (Å²) in [5.41, 5.74) is 4.13. The number of benzene rings is 1. The van der Waals surface area contributed by atoms with Crippen LogP contribution < -0.4 is 16.0 Å². The summed E-state index contributed by atoms with van der Waals surface area (Å²) in [5.74, 6) is 0.752. The highest BCUT2D eigenvalue weighted by atomic mass is 35.5. The van der Waals surface area contributed by atoms with E-state index in [0.29, 0.717) is 17.2 Å². The number of anilines is 1. The number of carbonyl (C=O) groups is 1. The van der Waals surface area contributed by atoms with E-state index in [1.54, 1.807) is 12.3 Å². The third-order valence-corrected chi connectivity index (χ3v) is 6.56. The number of hydrogen-bond donors (Lipinski definition) is 3. The van der Waals surface area contributed by atoms with E-state index in [2.05, 4.69) is 27.5 Å². The van der Waals surface area contributed by atoms with E-state index >= 15 is 0 Å². The van der Waals surface area contributed by atoms with Crippen LogP contribution in [0.15, 0.2) is 47.3 Å². The molecule has 3 N–H and O–H groups in total. The van der Waals surface area contributed by atoms with Gasteiger partial charge in [0.15, 0.2) is 5.76 Å². The van der Waals surface area contributed by atoms with Crippen LogP contribution >= 0.6 is 11.6 Å². The molecule has 160 valence electrons. The standard InChI is InChI=1S/C24H25ClN4O2/c1-14-6-7-16(12-26-14)13-27-23(30)19-11-17-10-18(25)21-20(22(17)31-19)24(29-15(2)28-21)8-4-3-5-9-24/h6-7,10-12,28-29H,2-5,8-9,13H2,1H3,(H,27,30). The predicted molar refractivity (Wildman–Crippen MR) is 122 cm³/mol. The molecule has 3 heterocycles. The third-order valence-electron chi connectivity index (χ3n) is 6.26. The lowest BCUT2D eigenvalue weighted by molar-refractivity contribution is 0.0925. The summed E-state index contributed by atoms with van der Waals surface area (Å²) in [4.78, 5) is 17.1. The molecule has 1 saturated carbocycles. The van der Waals surface area contributed by atoms with Crippen molar-refractivity contribution < 1.29 is 9.21 Å². The number of nitrogens with one attached hydrogen (secondary N) is 3. The van der Waals surface area contributed by atoms with E-state index < -0.39 is 0 Å². The second kappa shape index (κ2) is 7.61. The predicted octanol–water partition coefficient (Wildman–Crippen LogP) is 5.37. The molecule has 1 aliphatic carbocycles. The van der Waals surface area contributed by atoms with Crippen molar-refractivity contribution in [2.45, 2.75) is 51.1 Å². The molecule has 2 aliphatic rings. The molecule has 1 amide bonds. The molecule has 7 heteroatoms. The van der Waals surface area contributed by atoms with Crippen molar-refractivity contribution in [3.8, 4) is 0 Å². The van der Waals surface area contributed by atoms with Gasteiger partial charge >= 0.3 is 0 Å². The summed E-state index contributed by atoms with van der Waals surface area (Å²) >= 11 is 6.65. The van der Waals surface area contributed by atoms with Crippen molar-refractivity contribution >= 4 is 34.2 Å². The molecule has 0 radical (unpaired) electrons. The number of hydrogen-bond acceptors (Lipinski definition) is 5. The van der Waals surface area contributed by atoms with Crippen LogP contribution in [0.4, 0.5) is 5.69 Å². The normalized spacial score (nSPS) is 17.2. The van der Waals surface area contributed by atoms with E-state index in [9.17, 15) is 4.79 Å². The van der Waals surface area contributed by atoms with Crippen molar-refractivity contribution in [1.29, 1.82) is 0 Å². The number of carbonyl (C=O) groups excluding carboxylic acids is 1. The first-order valence-corrected chi connectivity index (χ1v) is 11.0. The Kier molecular flexibility index (Phi) is 4.89. The Bertz CT molecular complexity index is 1180. The van der Waals surface area contributed by atoms with Crippen LogP contribution in [0.25, 0.3) is 11.0 Å². The van der Waals surface area contributed by atoms with Crippen LogP contribution in [0.5, 0.6) is 0 Å². The Balaban J connectivity index is 1.51. The molecule has 0 unspecified atom stereocenters. The molecule has 1 fully saturated rings. The van der Waals surface area contributed by atoms with Gasteiger partial charge in [-0.3, -0.25) is 9.78 Å². The Morgan fingerprint density at radius 1 is 1.29 bits per heavy atom. The van der Waals surface area contributed by atoms with Gasteiger partial charge in [-0.15, -0.1) is 0 Å². The van der Waals surface area contributed by atoms with Gasteiger partial charge in [0.2, 0.25) is 0 Å². The molecule has 2 aromatic heterocycles. The lowest BCUT2D eigenvalue weighted by Crippen LogP contribution is -2.48. The van der Waals surface area contributed by atoms with Crippen LogP contribution in [-0.2, 0) is 12.1 Å². The zero-order chi connectivity index (χ0) is 21.6. The fraction of sp³-hybridized carbons (Fsp3) is 0.333. The number of fused-ring (bicyclic) bond motifs is 4. The number of furan rings is 1. The van der Waals surface area contributed by atoms with E-state index in [0.717, 1.165) is 59.4 Å². The highest BCUT2D eigenvalue weighted by Gasteiger charge is 2.42. The highest BCUT2D eigenvalue weighted by Crippen LogP contribution is 2.49. The SMILES string of the molecule is C=C1Nc2c(Cl)cc3cc(C(=O)NCc4ccc(C)nc4)oc3c2C2(CCCCC2)N1. The number of rotatable bonds is 3. The number of pyridine rings is 1. The maximum atomic E-state index is 12.8. The molecule has 1 aliphatic heterocycles. The number of aromatic nitrogens is 1. The summed E-state index contributed by atoms with van der Waals surface area (Å²) < 4.78 is 6.16. The molecule has 5 rings (SSSR count). The van der Waals surface area contributed by atoms with Gasteiger partial charge in [-0.25, -0.2) is 0 Å². The molecular formula is C24H25ClN4O2. The van der Waals surface area contributed by atoms with Crippen molar-refractivity contribution in [3.05, 3.63) is 70.5 Å². The average molecular weight is 437 g/mol. The number of amides is 1. The van der Waals surface area contributed by atoms with E-state index in [-0.39, 0.29) is 17.2 Å². The zero-order valence-corrected chi connectivity index (χ0v) is 18.2. The molecule has 0 saturated heterocycles. The first-order valence-electron chi connectivity index (χ1n) is 10.7. The van der Waals surface area contributed by atoms with E-state index in [1.807, 2.05) is 25.1 Å². The van der Waals surface area contributed by atoms with Gasteiger partial charge < -0.3 is 20.4 Å². The van der Waals surface area contributed by atoms with Gasteiger partial charge in [0.25, 0.3) is 5.91 Å². The fourth-order valence-electron chi connectivity index (χ4n) is 4.78. The minimum absolute atomic E-state index is 0.263. The van der Waals surface area contributed by atoms with Crippen molar-refractivity contribution in [3.63, 3.8) is 0 Å². The van der Waals surface area contributed by atoms with Gasteiger partial charge in [-0.2, -0.15) is 0 Å². The maximum Gasteiger partial charge on any atom is 0.287 e. The number of halogens is 1. The first kappa shape index (κ1) is 19.9. The third kappa shape index (κ3) is 3.55. The van der Waals surface area contributed by atoms with Gasteiger partial charge in [0, 0.05) is 29.4 Å². The largest absolute Gasteiger partial charge is 0.450 e. The van der Waals surface area contributed by atoms with Crippen molar-refractivity contribution in [1.82, 2.24) is 15.6 Å². The molecule has 0 bridgehead atoms. The quantitative estimate of drug-likeness (QED) is 0.514. The minimum Gasteiger partial charge on any atom is -0.450 e. The average Bonchev–Trinajstić information content (AvgIpc) is 3.17. The summed E-state index contributed by atoms with van der Waals surface area (Å²) in [6.45, 7) is 6.41. The van der Waals surface area contributed by atoms with Crippen molar-refractivity contribution in [2.75, 3.05) is 5.32 Å². The summed E-state index contributed by atoms with van der Waals surface area (Å²) in [6.07, 6.45) is 7.15. The van der Waals surface area contributed by atoms with Crippen LogP contribution in [0.2, 0.25) is 5.02 Å². The fourth-order valence-corrected chi connectivity index (χ4v) is 5.04. The topological polar surface area (TPSA) is 79.2 Å². The second-order valence-electron chi connectivity index (χ2n) is 8.50. The Morgan fingerprint density at radius 3 is 2.84 bits per heavy atom. The molecule has 6 nitrogen and oxygen atoms in total. The van der Waals surface area contributed by atoms with E-state index in [4.69, 9.17) is 16.0 Å². The van der Waals surface area contributed by atoms with Crippen LogP contribution in [-0.4, -0.2) is 10.9 Å². The van der Waals surface area contributed by atoms with Crippen molar-refractivity contribution in [2.24, 2.45) is 0 Å². The maximum absolute atomic E-state index is 12.8. The van der Waals surface area contributed by atoms with Crippen LogP contribution in [0.3, 0.4) is 0 Å². The lowest BCUT2D eigenvalue weighted by Gasteiger charge is -2.44. The first-order chi connectivity index (χ1) is 14.9. The Hall–Kier alpha value is -2.99. The molecule has 1 spiro atoms. The zero-order valence-electron chi connectivity index (χ0n) is 17.5.